The van der Waals surface area contributed by atoms with Crippen molar-refractivity contribution in [3.63, 3.8) is 0 Å². The van der Waals surface area contributed by atoms with Gasteiger partial charge in [-0.3, -0.25) is 0 Å². The fraction of sp³-hybridized carbons (Fsp3) is 0.273. The number of benzene rings is 1. The molecule has 0 atom stereocenters. The van der Waals surface area contributed by atoms with Crippen LogP contribution < -0.4 is 0 Å². The average molecular weight is 242 g/mol. The molecule has 0 fully saturated rings. The molecule has 0 saturated heterocycles. The average Bonchev–Trinajstić information content (AvgIpc) is 2.76. The summed E-state index contributed by atoms with van der Waals surface area (Å²) in [6, 6.07) is 4.84. The summed E-state index contributed by atoms with van der Waals surface area (Å²) in [6.45, 7) is 1.82. The van der Waals surface area contributed by atoms with Crippen molar-refractivity contribution in [1.29, 1.82) is 0 Å². The van der Waals surface area contributed by atoms with Crippen LogP contribution in [0.3, 0.4) is 0 Å². The maximum Gasteiger partial charge on any atom is 0.416 e. The van der Waals surface area contributed by atoms with E-state index in [-0.39, 0.29) is 5.82 Å². The lowest BCUT2D eigenvalue weighted by molar-refractivity contribution is -0.137. The molecule has 0 amide bonds. The van der Waals surface area contributed by atoms with Crippen molar-refractivity contribution in [2.45, 2.75) is 19.5 Å². The van der Waals surface area contributed by atoms with Gasteiger partial charge in [0.25, 0.3) is 0 Å². The summed E-state index contributed by atoms with van der Waals surface area (Å²) in [5, 5.41) is 3.63. The summed E-state index contributed by atoms with van der Waals surface area (Å²) >= 11 is 0. The smallest absolute Gasteiger partial charge is 0.339 e. The standard InChI is InChI=1S/C11H9F3N2O/c1-2-9-15-10(16-17-9)7-4-3-5-8(6-7)11(12,13)14/h3-6H,2H2,1H3. The van der Waals surface area contributed by atoms with Crippen LogP contribution in [0.15, 0.2) is 28.8 Å². The Morgan fingerprint density at radius 1 is 1.29 bits per heavy atom. The Balaban J connectivity index is 2.39. The van der Waals surface area contributed by atoms with Gasteiger partial charge in [0, 0.05) is 12.0 Å². The van der Waals surface area contributed by atoms with E-state index in [1.54, 1.807) is 0 Å². The lowest BCUT2D eigenvalue weighted by Gasteiger charge is -2.06. The van der Waals surface area contributed by atoms with Gasteiger partial charge in [0.05, 0.1) is 5.56 Å². The summed E-state index contributed by atoms with van der Waals surface area (Å²) in [5.74, 6) is 0.574. The number of aromatic nitrogens is 2. The first-order valence-electron chi connectivity index (χ1n) is 5.01. The number of hydrogen-bond donors (Lipinski definition) is 0. The normalized spacial score (nSPS) is 11.8. The van der Waals surface area contributed by atoms with Crippen LogP contribution in [0.25, 0.3) is 11.4 Å². The summed E-state index contributed by atoms with van der Waals surface area (Å²) in [6.07, 6.45) is -3.82. The van der Waals surface area contributed by atoms with Crippen LogP contribution in [-0.4, -0.2) is 10.1 Å². The van der Waals surface area contributed by atoms with Gasteiger partial charge in [-0.05, 0) is 12.1 Å². The molecule has 2 rings (SSSR count). The van der Waals surface area contributed by atoms with Gasteiger partial charge in [0.15, 0.2) is 0 Å². The highest BCUT2D eigenvalue weighted by Gasteiger charge is 2.30. The molecule has 0 saturated carbocycles. The molecular weight excluding hydrogens is 233 g/mol. The monoisotopic (exact) mass is 242 g/mol. The van der Waals surface area contributed by atoms with Gasteiger partial charge < -0.3 is 4.52 Å². The van der Waals surface area contributed by atoms with Gasteiger partial charge in [-0.1, -0.05) is 24.2 Å². The van der Waals surface area contributed by atoms with Crippen molar-refractivity contribution in [3.8, 4) is 11.4 Å². The number of halogens is 3. The molecule has 0 N–H and O–H groups in total. The maximum atomic E-state index is 12.5. The van der Waals surface area contributed by atoms with E-state index in [4.69, 9.17) is 4.52 Å². The van der Waals surface area contributed by atoms with Crippen LogP contribution in [0.4, 0.5) is 13.2 Å². The molecule has 0 bridgehead atoms. The number of alkyl halides is 3. The first-order chi connectivity index (χ1) is 8.00. The van der Waals surface area contributed by atoms with Crippen molar-refractivity contribution in [2.75, 3.05) is 0 Å². The summed E-state index contributed by atoms with van der Waals surface area (Å²) < 4.78 is 42.3. The highest BCUT2D eigenvalue weighted by molar-refractivity contribution is 5.55. The van der Waals surface area contributed by atoms with Crippen LogP contribution in [0, 0.1) is 0 Å². The second-order valence-corrected chi connectivity index (χ2v) is 3.44. The molecule has 0 radical (unpaired) electrons. The molecule has 0 aliphatic carbocycles. The molecule has 2 aromatic rings. The highest BCUT2D eigenvalue weighted by atomic mass is 19.4. The Hall–Kier alpha value is -1.85. The van der Waals surface area contributed by atoms with Crippen LogP contribution >= 0.6 is 0 Å². The molecule has 0 aliphatic heterocycles. The fourth-order valence-corrected chi connectivity index (χ4v) is 1.35. The van der Waals surface area contributed by atoms with E-state index in [0.29, 0.717) is 17.9 Å². The molecule has 1 aromatic carbocycles. The van der Waals surface area contributed by atoms with Crippen LogP contribution in [-0.2, 0) is 12.6 Å². The Bertz CT molecular complexity index is 519. The van der Waals surface area contributed by atoms with E-state index >= 15 is 0 Å². The molecule has 17 heavy (non-hydrogen) atoms. The Morgan fingerprint density at radius 2 is 2.06 bits per heavy atom. The second-order valence-electron chi connectivity index (χ2n) is 3.44. The quantitative estimate of drug-likeness (QED) is 0.810. The molecule has 90 valence electrons. The number of rotatable bonds is 2. The van der Waals surface area contributed by atoms with E-state index in [1.807, 2.05) is 6.92 Å². The van der Waals surface area contributed by atoms with Crippen LogP contribution in [0.2, 0.25) is 0 Å². The van der Waals surface area contributed by atoms with Gasteiger partial charge in [-0.15, -0.1) is 0 Å². The molecule has 0 aliphatic rings. The van der Waals surface area contributed by atoms with Crippen molar-refractivity contribution in [2.24, 2.45) is 0 Å². The van der Waals surface area contributed by atoms with Crippen molar-refractivity contribution in [3.05, 3.63) is 35.7 Å². The second kappa shape index (κ2) is 4.20. The number of aryl methyl sites for hydroxylation is 1. The van der Waals surface area contributed by atoms with E-state index in [0.717, 1.165) is 12.1 Å². The first-order valence-corrected chi connectivity index (χ1v) is 5.01. The molecule has 0 spiro atoms. The zero-order valence-corrected chi connectivity index (χ0v) is 8.95. The van der Waals surface area contributed by atoms with Crippen LogP contribution in [0.1, 0.15) is 18.4 Å². The Kier molecular flexibility index (Phi) is 2.87. The lowest BCUT2D eigenvalue weighted by atomic mass is 10.1. The third-order valence-electron chi connectivity index (χ3n) is 2.22. The minimum atomic E-state index is -4.37. The molecule has 3 nitrogen and oxygen atoms in total. The largest absolute Gasteiger partial charge is 0.416 e. The van der Waals surface area contributed by atoms with Gasteiger partial charge in [0.1, 0.15) is 0 Å². The van der Waals surface area contributed by atoms with Gasteiger partial charge in [-0.2, -0.15) is 18.2 Å². The van der Waals surface area contributed by atoms with E-state index in [1.165, 1.54) is 12.1 Å². The fourth-order valence-electron chi connectivity index (χ4n) is 1.35. The predicted molar refractivity (Wildman–Crippen MR) is 54.1 cm³/mol. The molecule has 6 heteroatoms. The SMILES string of the molecule is CCc1nc(-c2cccc(C(F)(F)F)c2)no1. The topological polar surface area (TPSA) is 38.9 Å². The van der Waals surface area contributed by atoms with E-state index in [2.05, 4.69) is 10.1 Å². The van der Waals surface area contributed by atoms with E-state index < -0.39 is 11.7 Å². The highest BCUT2D eigenvalue weighted by Crippen LogP contribution is 2.31. The third kappa shape index (κ3) is 2.46. The zero-order chi connectivity index (χ0) is 12.5. The van der Waals surface area contributed by atoms with Crippen molar-refractivity contribution < 1.29 is 17.7 Å². The Morgan fingerprint density at radius 3 is 2.65 bits per heavy atom. The molecule has 1 heterocycles. The lowest BCUT2D eigenvalue weighted by Crippen LogP contribution is -2.04. The third-order valence-corrected chi connectivity index (χ3v) is 2.22. The molecule has 0 unspecified atom stereocenters. The molecule has 1 aromatic heterocycles. The zero-order valence-electron chi connectivity index (χ0n) is 8.95. The Labute approximate surface area is 95.3 Å². The summed E-state index contributed by atoms with van der Waals surface area (Å²) in [5.41, 5.74) is -0.430. The van der Waals surface area contributed by atoms with Crippen molar-refractivity contribution >= 4 is 0 Å². The van der Waals surface area contributed by atoms with E-state index in [9.17, 15) is 13.2 Å². The minimum absolute atomic E-state index is 0.174. The molecular formula is C11H9F3N2O. The van der Waals surface area contributed by atoms with Gasteiger partial charge in [-0.25, -0.2) is 0 Å². The van der Waals surface area contributed by atoms with Gasteiger partial charge >= 0.3 is 6.18 Å². The minimum Gasteiger partial charge on any atom is -0.339 e. The summed E-state index contributed by atoms with van der Waals surface area (Å²) in [7, 11) is 0. The number of nitrogens with zero attached hydrogens (tertiary/aromatic N) is 2. The van der Waals surface area contributed by atoms with Gasteiger partial charge in [0.2, 0.25) is 11.7 Å². The maximum absolute atomic E-state index is 12.5. The summed E-state index contributed by atoms with van der Waals surface area (Å²) in [4.78, 5) is 3.98. The first kappa shape index (κ1) is 11.6. The van der Waals surface area contributed by atoms with Crippen LogP contribution in [0.5, 0.6) is 0 Å². The van der Waals surface area contributed by atoms with Crippen molar-refractivity contribution in [1.82, 2.24) is 10.1 Å². The predicted octanol–water partition coefficient (Wildman–Crippen LogP) is 3.32. The number of hydrogen-bond acceptors (Lipinski definition) is 3.